The molecule has 4 nitrogen and oxygen atoms in total. The molecular weight excluding hydrogens is 403 g/mol. The van der Waals surface area contributed by atoms with E-state index in [0.29, 0.717) is 23.7 Å². The van der Waals surface area contributed by atoms with Gasteiger partial charge in [-0.05, 0) is 98.6 Å². The second-order valence-electron chi connectivity index (χ2n) is 9.86. The van der Waals surface area contributed by atoms with Gasteiger partial charge in [-0.3, -0.25) is 0 Å². The van der Waals surface area contributed by atoms with Crippen LogP contribution in [0.2, 0.25) is 0 Å². The van der Waals surface area contributed by atoms with Gasteiger partial charge in [0, 0.05) is 19.0 Å². The maximum Gasteiger partial charge on any atom is 0.165 e. The van der Waals surface area contributed by atoms with Gasteiger partial charge in [0.25, 0.3) is 0 Å². The summed E-state index contributed by atoms with van der Waals surface area (Å²) in [6.45, 7) is 3.97. The molecule has 1 N–H and O–H groups in total. The van der Waals surface area contributed by atoms with E-state index in [1.165, 1.54) is 50.3 Å². The highest BCUT2D eigenvalue weighted by Gasteiger charge is 2.36. The second-order valence-corrected chi connectivity index (χ2v) is 9.86. The lowest BCUT2D eigenvalue weighted by Gasteiger charge is -2.40. The van der Waals surface area contributed by atoms with Crippen molar-refractivity contribution in [1.29, 1.82) is 0 Å². The number of ether oxygens (including phenoxy) is 2. The normalized spacial score (nSPS) is 23.3. The number of hydrogen-bond donors (Lipinski definition) is 1. The molecule has 0 radical (unpaired) electrons. The first-order valence-electron chi connectivity index (χ1n) is 12.1. The summed E-state index contributed by atoms with van der Waals surface area (Å²) >= 11 is 0. The van der Waals surface area contributed by atoms with Crippen molar-refractivity contribution in [1.82, 2.24) is 10.2 Å². The quantitative estimate of drug-likeness (QED) is 0.691. The smallest absolute Gasteiger partial charge is 0.165 e. The molecule has 0 amide bonds. The molecule has 2 aromatic rings. The molecule has 0 spiro atoms. The molecule has 1 aliphatic carbocycles. The summed E-state index contributed by atoms with van der Waals surface area (Å²) in [5.41, 5.74) is 3.56. The molecule has 5 rings (SSSR count). The third kappa shape index (κ3) is 4.38. The molecule has 2 fully saturated rings. The number of fused-ring (bicyclic) bond motifs is 1. The Hall–Kier alpha value is -2.11. The van der Waals surface area contributed by atoms with E-state index in [1.807, 2.05) is 6.07 Å². The van der Waals surface area contributed by atoms with Crippen LogP contribution in [0.1, 0.15) is 54.7 Å². The van der Waals surface area contributed by atoms with E-state index >= 15 is 0 Å². The first-order chi connectivity index (χ1) is 15.6. The van der Waals surface area contributed by atoms with Crippen molar-refractivity contribution in [2.24, 2.45) is 11.8 Å². The van der Waals surface area contributed by atoms with Gasteiger partial charge >= 0.3 is 0 Å². The lowest BCUT2D eigenvalue weighted by Crippen LogP contribution is -2.43. The molecule has 5 heteroatoms. The summed E-state index contributed by atoms with van der Waals surface area (Å²) in [5, 5.41) is 3.49. The number of benzene rings is 2. The predicted molar refractivity (Wildman–Crippen MR) is 125 cm³/mol. The highest BCUT2D eigenvalue weighted by Crippen LogP contribution is 2.40. The maximum atomic E-state index is 14.4. The van der Waals surface area contributed by atoms with Crippen LogP contribution in [0.25, 0.3) is 0 Å². The Bertz CT molecular complexity index is 939. The Kier molecular flexibility index (Phi) is 6.38. The molecule has 1 saturated carbocycles. The number of rotatable bonds is 6. The number of piperidine rings is 1. The highest BCUT2D eigenvalue weighted by atomic mass is 19.1. The van der Waals surface area contributed by atoms with Crippen LogP contribution in [0.4, 0.5) is 4.39 Å². The fourth-order valence-corrected chi connectivity index (χ4v) is 5.76. The number of nitrogens with one attached hydrogen (secondary N) is 1. The first-order valence-corrected chi connectivity index (χ1v) is 12.1. The summed E-state index contributed by atoms with van der Waals surface area (Å²) in [6.07, 6.45) is 6.68. The predicted octanol–water partition coefficient (Wildman–Crippen LogP) is 4.96. The van der Waals surface area contributed by atoms with Gasteiger partial charge in [0.05, 0.1) is 7.11 Å². The summed E-state index contributed by atoms with van der Waals surface area (Å²) in [5.74, 6) is 2.48. The minimum atomic E-state index is -0.301. The van der Waals surface area contributed by atoms with Crippen LogP contribution in [0.5, 0.6) is 11.5 Å². The zero-order valence-electron chi connectivity index (χ0n) is 19.3. The maximum absolute atomic E-state index is 14.4. The molecule has 172 valence electrons. The van der Waals surface area contributed by atoms with Gasteiger partial charge in [-0.25, -0.2) is 4.39 Å². The molecule has 3 aliphatic rings. The van der Waals surface area contributed by atoms with E-state index in [1.54, 1.807) is 12.1 Å². The Morgan fingerprint density at radius 2 is 1.81 bits per heavy atom. The molecule has 2 heterocycles. The summed E-state index contributed by atoms with van der Waals surface area (Å²) in [6, 6.07) is 11.9. The summed E-state index contributed by atoms with van der Waals surface area (Å²) in [7, 11) is 3.64. The van der Waals surface area contributed by atoms with Crippen LogP contribution in [-0.4, -0.2) is 44.8 Å². The SMILES string of the molecule is COc1ccc(C2CN(C)Cc3cc(OC(C4CCC4)C4CCNCC4)ccc32)cc1F. The van der Waals surface area contributed by atoms with E-state index in [9.17, 15) is 4.39 Å². The fraction of sp³-hybridized carbons (Fsp3) is 0.556. The number of halogens is 1. The van der Waals surface area contributed by atoms with Crippen LogP contribution in [-0.2, 0) is 6.54 Å². The average Bonchev–Trinajstić information content (AvgIpc) is 2.77. The molecule has 32 heavy (non-hydrogen) atoms. The van der Waals surface area contributed by atoms with Crippen molar-refractivity contribution in [2.75, 3.05) is 33.8 Å². The Morgan fingerprint density at radius 1 is 1.03 bits per heavy atom. The molecular formula is C27H35FN2O2. The van der Waals surface area contributed by atoms with Crippen LogP contribution in [0.15, 0.2) is 36.4 Å². The third-order valence-corrected chi connectivity index (χ3v) is 7.74. The van der Waals surface area contributed by atoms with E-state index < -0.39 is 0 Å². The number of hydrogen-bond acceptors (Lipinski definition) is 4. The largest absolute Gasteiger partial charge is 0.494 e. The Labute approximate surface area is 191 Å². The van der Waals surface area contributed by atoms with E-state index in [2.05, 4.69) is 35.5 Å². The zero-order chi connectivity index (χ0) is 22.1. The van der Waals surface area contributed by atoms with Crippen molar-refractivity contribution >= 4 is 0 Å². The average molecular weight is 439 g/mol. The first kappa shape index (κ1) is 21.7. The van der Waals surface area contributed by atoms with Gasteiger partial charge in [-0.2, -0.15) is 0 Å². The lowest BCUT2D eigenvalue weighted by atomic mass is 9.74. The molecule has 2 aromatic carbocycles. The second kappa shape index (κ2) is 9.40. The van der Waals surface area contributed by atoms with Crippen molar-refractivity contribution in [3.8, 4) is 11.5 Å². The van der Waals surface area contributed by atoms with E-state index in [4.69, 9.17) is 9.47 Å². The van der Waals surface area contributed by atoms with Gasteiger partial charge in [-0.1, -0.05) is 18.6 Å². The molecule has 2 unspecified atom stereocenters. The standard InChI is InChI=1S/C27H35FN2O2/c1-30-16-21-14-22(32-27(18-4-3-5-18)19-10-12-29-13-11-19)7-8-23(21)24(17-30)20-6-9-26(31-2)25(28)15-20/h6-9,14-15,18-19,24,27,29H,3-5,10-13,16-17H2,1-2H3. The van der Waals surface area contributed by atoms with Gasteiger partial charge in [-0.15, -0.1) is 0 Å². The van der Waals surface area contributed by atoms with Crippen LogP contribution < -0.4 is 14.8 Å². The van der Waals surface area contributed by atoms with Crippen molar-refractivity contribution in [3.63, 3.8) is 0 Å². The van der Waals surface area contributed by atoms with Crippen LogP contribution in [0.3, 0.4) is 0 Å². The van der Waals surface area contributed by atoms with Gasteiger partial charge in [0.15, 0.2) is 11.6 Å². The monoisotopic (exact) mass is 438 g/mol. The van der Waals surface area contributed by atoms with Crippen molar-refractivity contribution in [2.45, 2.75) is 50.7 Å². The van der Waals surface area contributed by atoms with Crippen molar-refractivity contribution < 1.29 is 13.9 Å². The molecule has 1 saturated heterocycles. The number of likely N-dealkylation sites (N-methyl/N-ethyl adjacent to an activating group) is 1. The summed E-state index contributed by atoms with van der Waals surface area (Å²) < 4.78 is 26.2. The van der Waals surface area contributed by atoms with Gasteiger partial charge in [0.2, 0.25) is 0 Å². The topological polar surface area (TPSA) is 33.7 Å². The van der Waals surface area contributed by atoms with Gasteiger partial charge in [0.1, 0.15) is 11.9 Å². The molecule has 2 atom stereocenters. The molecule has 0 aromatic heterocycles. The minimum absolute atomic E-state index is 0.144. The van der Waals surface area contributed by atoms with E-state index in [-0.39, 0.29) is 11.7 Å². The Morgan fingerprint density at radius 3 is 2.50 bits per heavy atom. The third-order valence-electron chi connectivity index (χ3n) is 7.74. The Balaban J connectivity index is 1.40. The molecule has 0 bridgehead atoms. The highest BCUT2D eigenvalue weighted by molar-refractivity contribution is 5.45. The number of methoxy groups -OCH3 is 1. The van der Waals surface area contributed by atoms with Crippen LogP contribution >= 0.6 is 0 Å². The van der Waals surface area contributed by atoms with Crippen molar-refractivity contribution in [3.05, 3.63) is 58.9 Å². The van der Waals surface area contributed by atoms with Crippen LogP contribution in [0, 0.1) is 17.7 Å². The van der Waals surface area contributed by atoms with Gasteiger partial charge < -0.3 is 19.7 Å². The summed E-state index contributed by atoms with van der Waals surface area (Å²) in [4.78, 5) is 2.31. The lowest BCUT2D eigenvalue weighted by molar-refractivity contribution is 0.0239. The van der Waals surface area contributed by atoms with E-state index in [0.717, 1.165) is 37.5 Å². The minimum Gasteiger partial charge on any atom is -0.494 e. The fourth-order valence-electron chi connectivity index (χ4n) is 5.76. The zero-order valence-corrected chi connectivity index (χ0v) is 19.3. The molecule has 2 aliphatic heterocycles. The number of nitrogens with zero attached hydrogens (tertiary/aromatic N) is 1.